The van der Waals surface area contributed by atoms with E-state index in [1.165, 1.54) is 25.9 Å². The number of carbonyl (C=O) groups is 1. The number of hydrogen-bond acceptors (Lipinski definition) is 3. The summed E-state index contributed by atoms with van der Waals surface area (Å²) in [6, 6.07) is 10.7. The van der Waals surface area contributed by atoms with Crippen LogP contribution in [0.2, 0.25) is 0 Å². The number of rotatable bonds is 5. The van der Waals surface area contributed by atoms with Crippen LogP contribution in [-0.4, -0.2) is 48.2 Å². The summed E-state index contributed by atoms with van der Waals surface area (Å²) in [5, 5.41) is 9.00. The van der Waals surface area contributed by atoms with Gasteiger partial charge in [-0.2, -0.15) is 0 Å². The van der Waals surface area contributed by atoms with Crippen LogP contribution in [0, 0.1) is 5.92 Å². The summed E-state index contributed by atoms with van der Waals surface area (Å²) < 4.78 is 0. The second kappa shape index (κ2) is 5.83. The maximum absolute atomic E-state index is 10.9. The van der Waals surface area contributed by atoms with Crippen LogP contribution < -0.4 is 4.90 Å². The molecule has 3 fully saturated rings. The van der Waals surface area contributed by atoms with E-state index in [-0.39, 0.29) is 6.42 Å². The van der Waals surface area contributed by atoms with E-state index in [2.05, 4.69) is 21.9 Å². The van der Waals surface area contributed by atoms with Crippen molar-refractivity contribution in [2.24, 2.45) is 5.92 Å². The van der Waals surface area contributed by atoms with Crippen molar-refractivity contribution < 1.29 is 9.90 Å². The van der Waals surface area contributed by atoms with Crippen LogP contribution in [0.1, 0.15) is 19.3 Å². The first-order valence-corrected chi connectivity index (χ1v) is 7.50. The van der Waals surface area contributed by atoms with E-state index in [0.717, 1.165) is 12.2 Å². The molecule has 0 spiro atoms. The minimum absolute atomic E-state index is 0.206. The molecule has 1 atom stereocenters. The molecule has 4 nitrogen and oxygen atoms in total. The van der Waals surface area contributed by atoms with E-state index < -0.39 is 5.97 Å². The predicted octanol–water partition coefficient (Wildman–Crippen LogP) is 2.06. The van der Waals surface area contributed by atoms with Gasteiger partial charge in [-0.3, -0.25) is 4.79 Å². The molecule has 3 aliphatic heterocycles. The van der Waals surface area contributed by atoms with Crippen LogP contribution in [0.25, 0.3) is 0 Å². The summed E-state index contributed by atoms with van der Waals surface area (Å²) >= 11 is 0. The van der Waals surface area contributed by atoms with E-state index in [4.69, 9.17) is 5.11 Å². The number of piperidine rings is 3. The molecule has 0 amide bonds. The first kappa shape index (κ1) is 13.4. The highest BCUT2D eigenvalue weighted by Crippen LogP contribution is 2.33. The predicted molar refractivity (Wildman–Crippen MR) is 79.0 cm³/mol. The Morgan fingerprint density at radius 3 is 2.50 bits per heavy atom. The Balaban J connectivity index is 1.80. The summed E-state index contributed by atoms with van der Waals surface area (Å²) in [7, 11) is 0. The number of hydrogen-bond donors (Lipinski definition) is 1. The minimum atomic E-state index is -0.716. The van der Waals surface area contributed by atoms with Crippen molar-refractivity contribution in [1.29, 1.82) is 0 Å². The van der Waals surface area contributed by atoms with Gasteiger partial charge in [0.2, 0.25) is 0 Å². The average Bonchev–Trinajstić information content (AvgIpc) is 2.49. The lowest BCUT2D eigenvalue weighted by Crippen LogP contribution is -2.57. The summed E-state index contributed by atoms with van der Waals surface area (Å²) in [5.74, 6) is 0.00112. The van der Waals surface area contributed by atoms with Gasteiger partial charge < -0.3 is 14.9 Å². The van der Waals surface area contributed by atoms with Gasteiger partial charge in [-0.1, -0.05) is 18.2 Å². The Labute approximate surface area is 120 Å². The van der Waals surface area contributed by atoms with Crippen LogP contribution in [-0.2, 0) is 4.79 Å². The normalized spacial score (nSPS) is 28.3. The van der Waals surface area contributed by atoms with Gasteiger partial charge in [0.1, 0.15) is 0 Å². The van der Waals surface area contributed by atoms with Gasteiger partial charge in [0, 0.05) is 24.8 Å². The van der Waals surface area contributed by atoms with Gasteiger partial charge >= 0.3 is 5.97 Å². The first-order chi connectivity index (χ1) is 9.74. The molecule has 4 heteroatoms. The molecule has 4 rings (SSSR count). The molecule has 3 saturated heterocycles. The van der Waals surface area contributed by atoms with Gasteiger partial charge in [0.15, 0.2) is 0 Å². The standard InChI is InChI=1S/C16H22N2O2/c19-16(20)8-11-18(14-4-2-1-3-5-14)15-12-17-9-6-13(15)7-10-17/h1-5,13,15H,6-12H2,(H,19,20). The lowest BCUT2D eigenvalue weighted by molar-refractivity contribution is -0.136. The Morgan fingerprint density at radius 2 is 1.95 bits per heavy atom. The van der Waals surface area contributed by atoms with Crippen LogP contribution in [0.3, 0.4) is 0 Å². The number of fused-ring (bicyclic) bond motifs is 3. The fourth-order valence-corrected chi connectivity index (χ4v) is 3.61. The molecule has 0 saturated carbocycles. The van der Waals surface area contributed by atoms with Gasteiger partial charge in [0.25, 0.3) is 0 Å². The number of aliphatic carboxylic acids is 1. The lowest BCUT2D eigenvalue weighted by Gasteiger charge is -2.49. The third-order valence-electron chi connectivity index (χ3n) is 4.68. The molecular formula is C16H22N2O2. The highest BCUT2D eigenvalue weighted by molar-refractivity contribution is 5.67. The molecule has 1 aromatic rings. The zero-order chi connectivity index (χ0) is 13.9. The molecule has 2 bridgehead atoms. The summed E-state index contributed by atoms with van der Waals surface area (Å²) in [6.07, 6.45) is 2.71. The van der Waals surface area contributed by atoms with Crippen molar-refractivity contribution in [1.82, 2.24) is 4.90 Å². The minimum Gasteiger partial charge on any atom is -0.481 e. The molecule has 108 valence electrons. The fraction of sp³-hybridized carbons (Fsp3) is 0.562. The van der Waals surface area contributed by atoms with Crippen molar-refractivity contribution in [3.63, 3.8) is 0 Å². The highest BCUT2D eigenvalue weighted by atomic mass is 16.4. The third kappa shape index (κ3) is 2.80. The van der Waals surface area contributed by atoms with Gasteiger partial charge in [-0.25, -0.2) is 0 Å². The van der Waals surface area contributed by atoms with Crippen molar-refractivity contribution in [2.75, 3.05) is 31.1 Å². The third-order valence-corrected chi connectivity index (χ3v) is 4.68. The van der Waals surface area contributed by atoms with E-state index in [1.807, 2.05) is 18.2 Å². The first-order valence-electron chi connectivity index (χ1n) is 7.50. The van der Waals surface area contributed by atoms with Crippen molar-refractivity contribution in [2.45, 2.75) is 25.3 Å². The van der Waals surface area contributed by atoms with Gasteiger partial charge in [-0.15, -0.1) is 0 Å². The van der Waals surface area contributed by atoms with Gasteiger partial charge in [-0.05, 0) is 44.0 Å². The van der Waals surface area contributed by atoms with Crippen molar-refractivity contribution in [3.8, 4) is 0 Å². The number of para-hydroxylation sites is 1. The highest BCUT2D eigenvalue weighted by Gasteiger charge is 2.37. The monoisotopic (exact) mass is 274 g/mol. The molecule has 0 aliphatic carbocycles. The average molecular weight is 274 g/mol. The zero-order valence-electron chi connectivity index (χ0n) is 11.7. The lowest BCUT2D eigenvalue weighted by atomic mass is 9.83. The molecule has 1 unspecified atom stereocenters. The molecular weight excluding hydrogens is 252 g/mol. The van der Waals surface area contributed by atoms with Crippen LogP contribution in [0.4, 0.5) is 5.69 Å². The Hall–Kier alpha value is -1.55. The van der Waals surface area contributed by atoms with Gasteiger partial charge in [0.05, 0.1) is 6.42 Å². The van der Waals surface area contributed by atoms with Crippen molar-refractivity contribution >= 4 is 11.7 Å². The second-order valence-corrected chi connectivity index (χ2v) is 5.88. The summed E-state index contributed by atoms with van der Waals surface area (Å²) in [4.78, 5) is 15.8. The smallest absolute Gasteiger partial charge is 0.305 e. The van der Waals surface area contributed by atoms with E-state index in [1.54, 1.807) is 0 Å². The quantitative estimate of drug-likeness (QED) is 0.892. The molecule has 20 heavy (non-hydrogen) atoms. The zero-order valence-corrected chi connectivity index (χ0v) is 11.7. The topological polar surface area (TPSA) is 43.8 Å². The Bertz CT molecular complexity index is 455. The fourth-order valence-electron chi connectivity index (χ4n) is 3.61. The Morgan fingerprint density at radius 1 is 1.25 bits per heavy atom. The molecule has 3 aliphatic rings. The SMILES string of the molecule is O=C(O)CCN(c1ccccc1)C1CN2CCC1CC2. The largest absolute Gasteiger partial charge is 0.481 e. The van der Waals surface area contributed by atoms with E-state index in [0.29, 0.717) is 18.5 Å². The Kier molecular flexibility index (Phi) is 3.92. The van der Waals surface area contributed by atoms with Crippen molar-refractivity contribution in [3.05, 3.63) is 30.3 Å². The summed E-state index contributed by atoms with van der Waals surface area (Å²) in [5.41, 5.74) is 1.16. The number of carboxylic acids is 1. The van der Waals surface area contributed by atoms with Crippen LogP contribution in [0.5, 0.6) is 0 Å². The summed E-state index contributed by atoms with van der Waals surface area (Å²) in [6.45, 7) is 4.11. The number of nitrogens with zero attached hydrogens (tertiary/aromatic N) is 2. The number of benzene rings is 1. The molecule has 1 aromatic carbocycles. The number of anilines is 1. The molecule has 0 aromatic heterocycles. The van der Waals surface area contributed by atoms with E-state index >= 15 is 0 Å². The van der Waals surface area contributed by atoms with Crippen LogP contribution in [0.15, 0.2) is 30.3 Å². The molecule has 0 radical (unpaired) electrons. The molecule has 1 N–H and O–H groups in total. The maximum Gasteiger partial charge on any atom is 0.305 e. The second-order valence-electron chi connectivity index (χ2n) is 5.88. The van der Waals surface area contributed by atoms with E-state index in [9.17, 15) is 4.79 Å². The van der Waals surface area contributed by atoms with Crippen LogP contribution >= 0.6 is 0 Å². The maximum atomic E-state index is 10.9. The number of carboxylic acid groups (broad SMARTS) is 1. The molecule has 3 heterocycles.